The molecule has 0 radical (unpaired) electrons. The molecule has 0 aliphatic rings. The molecule has 3 N–H and O–H groups in total. The Balaban J connectivity index is 2.77. The van der Waals surface area contributed by atoms with Crippen LogP contribution in [-0.2, 0) is 0 Å². The minimum absolute atomic E-state index is 0.101. The van der Waals surface area contributed by atoms with Crippen molar-refractivity contribution in [2.24, 2.45) is 11.7 Å². The van der Waals surface area contributed by atoms with Crippen LogP contribution < -0.4 is 11.4 Å². The van der Waals surface area contributed by atoms with E-state index in [0.717, 1.165) is 12.1 Å². The molecule has 0 fully saturated rings. The Hall–Kier alpha value is -1.16. The molecule has 1 aromatic rings. The number of rotatable bonds is 3. The Bertz CT molecular complexity index is 319. The molecule has 0 aromatic carbocycles. The number of H-pyrrole nitrogens is 1. The lowest BCUT2D eigenvalue weighted by Crippen LogP contribution is -2.19. The van der Waals surface area contributed by atoms with Crippen molar-refractivity contribution in [3.8, 4) is 0 Å². The Morgan fingerprint density at radius 3 is 2.85 bits per heavy atom. The summed E-state index contributed by atoms with van der Waals surface area (Å²) in [6.07, 6.45) is 2.34. The second-order valence-electron chi connectivity index (χ2n) is 3.57. The molecule has 0 bridgehead atoms. The van der Waals surface area contributed by atoms with E-state index in [4.69, 9.17) is 5.73 Å². The van der Waals surface area contributed by atoms with E-state index < -0.39 is 0 Å². The summed E-state index contributed by atoms with van der Waals surface area (Å²) in [5, 5.41) is 0. The SMILES string of the molecule is CC(C)C[C@@H](N)c1ccnc(=O)[nH]1. The molecule has 0 saturated carbocycles. The Morgan fingerprint density at radius 1 is 1.62 bits per heavy atom. The molecular formula is C9H15N3O. The van der Waals surface area contributed by atoms with Gasteiger partial charge in [-0.1, -0.05) is 13.8 Å². The monoisotopic (exact) mass is 181 g/mol. The standard InChI is InChI=1S/C9H15N3O/c1-6(2)5-7(10)8-3-4-11-9(13)12-8/h3-4,6-7H,5,10H2,1-2H3,(H,11,12,13)/t7-/m1/s1. The summed E-state index contributed by atoms with van der Waals surface area (Å²) in [7, 11) is 0. The molecule has 0 aliphatic carbocycles. The van der Waals surface area contributed by atoms with E-state index >= 15 is 0 Å². The summed E-state index contributed by atoms with van der Waals surface area (Å²) in [4.78, 5) is 17.0. The van der Waals surface area contributed by atoms with Crippen molar-refractivity contribution >= 4 is 0 Å². The van der Waals surface area contributed by atoms with Crippen molar-refractivity contribution in [3.05, 3.63) is 28.4 Å². The fourth-order valence-electron chi connectivity index (χ4n) is 1.23. The Kier molecular flexibility index (Phi) is 3.19. The maximum absolute atomic E-state index is 10.9. The third kappa shape index (κ3) is 2.99. The summed E-state index contributed by atoms with van der Waals surface area (Å²) in [5.74, 6) is 0.520. The minimum Gasteiger partial charge on any atom is -0.323 e. The van der Waals surface area contributed by atoms with Crippen molar-refractivity contribution in [1.82, 2.24) is 9.97 Å². The van der Waals surface area contributed by atoms with E-state index in [2.05, 4.69) is 23.8 Å². The van der Waals surface area contributed by atoms with Crippen LogP contribution in [0.2, 0.25) is 0 Å². The second kappa shape index (κ2) is 4.18. The fourth-order valence-corrected chi connectivity index (χ4v) is 1.23. The topological polar surface area (TPSA) is 71.8 Å². The van der Waals surface area contributed by atoms with Crippen LogP contribution in [0, 0.1) is 5.92 Å². The van der Waals surface area contributed by atoms with Crippen molar-refractivity contribution in [3.63, 3.8) is 0 Å². The van der Waals surface area contributed by atoms with Crippen molar-refractivity contribution in [2.75, 3.05) is 0 Å². The molecule has 72 valence electrons. The van der Waals surface area contributed by atoms with Gasteiger partial charge in [0.2, 0.25) is 0 Å². The van der Waals surface area contributed by atoms with Crippen molar-refractivity contribution in [2.45, 2.75) is 26.3 Å². The van der Waals surface area contributed by atoms with Gasteiger partial charge in [-0.3, -0.25) is 0 Å². The number of hydrogen-bond donors (Lipinski definition) is 2. The highest BCUT2D eigenvalue weighted by Gasteiger charge is 2.08. The van der Waals surface area contributed by atoms with E-state index in [1.807, 2.05) is 0 Å². The number of nitrogens with two attached hydrogens (primary N) is 1. The van der Waals surface area contributed by atoms with Crippen LogP contribution in [-0.4, -0.2) is 9.97 Å². The number of aromatic amines is 1. The molecule has 0 unspecified atom stereocenters. The van der Waals surface area contributed by atoms with Gasteiger partial charge in [-0.2, -0.15) is 0 Å². The van der Waals surface area contributed by atoms with Gasteiger partial charge < -0.3 is 10.7 Å². The second-order valence-corrected chi connectivity index (χ2v) is 3.57. The van der Waals surface area contributed by atoms with Crippen molar-refractivity contribution in [1.29, 1.82) is 0 Å². The van der Waals surface area contributed by atoms with Gasteiger partial charge >= 0.3 is 5.69 Å². The van der Waals surface area contributed by atoms with Crippen LogP contribution in [0.15, 0.2) is 17.1 Å². The van der Waals surface area contributed by atoms with Gasteiger partial charge in [-0.25, -0.2) is 9.78 Å². The number of nitrogens with zero attached hydrogens (tertiary/aromatic N) is 1. The number of aromatic nitrogens is 2. The molecule has 0 amide bonds. The summed E-state index contributed by atoms with van der Waals surface area (Å²) < 4.78 is 0. The van der Waals surface area contributed by atoms with E-state index in [-0.39, 0.29) is 11.7 Å². The average Bonchev–Trinajstić information content (AvgIpc) is 2.03. The lowest BCUT2D eigenvalue weighted by Gasteiger charge is -2.13. The predicted molar refractivity (Wildman–Crippen MR) is 51.2 cm³/mol. The van der Waals surface area contributed by atoms with Gasteiger partial charge in [-0.15, -0.1) is 0 Å². The van der Waals surface area contributed by atoms with E-state index in [1.54, 1.807) is 6.07 Å². The summed E-state index contributed by atoms with van der Waals surface area (Å²) >= 11 is 0. The molecule has 4 heteroatoms. The first-order valence-corrected chi connectivity index (χ1v) is 4.40. The molecule has 1 atom stereocenters. The zero-order valence-corrected chi connectivity index (χ0v) is 7.95. The third-order valence-electron chi connectivity index (χ3n) is 1.82. The summed E-state index contributed by atoms with van der Waals surface area (Å²) in [6, 6.07) is 1.64. The third-order valence-corrected chi connectivity index (χ3v) is 1.82. The first-order valence-electron chi connectivity index (χ1n) is 4.40. The van der Waals surface area contributed by atoms with Crippen LogP contribution in [0.25, 0.3) is 0 Å². The maximum Gasteiger partial charge on any atom is 0.345 e. The van der Waals surface area contributed by atoms with Gasteiger partial charge in [0.1, 0.15) is 0 Å². The van der Waals surface area contributed by atoms with E-state index in [0.29, 0.717) is 5.92 Å². The van der Waals surface area contributed by atoms with Crippen LogP contribution in [0.1, 0.15) is 32.0 Å². The first kappa shape index (κ1) is 9.92. The highest BCUT2D eigenvalue weighted by atomic mass is 16.1. The quantitative estimate of drug-likeness (QED) is 0.725. The zero-order chi connectivity index (χ0) is 9.84. The van der Waals surface area contributed by atoms with Gasteiger partial charge in [0.05, 0.1) is 0 Å². The minimum atomic E-state index is -0.336. The smallest absolute Gasteiger partial charge is 0.323 e. The van der Waals surface area contributed by atoms with E-state index in [1.165, 1.54) is 6.20 Å². The molecule has 4 nitrogen and oxygen atoms in total. The van der Waals surface area contributed by atoms with Crippen LogP contribution >= 0.6 is 0 Å². The first-order chi connectivity index (χ1) is 6.09. The van der Waals surface area contributed by atoms with Crippen LogP contribution in [0.5, 0.6) is 0 Å². The molecule has 0 aliphatic heterocycles. The number of hydrogen-bond acceptors (Lipinski definition) is 3. The Labute approximate surface area is 77.2 Å². The zero-order valence-electron chi connectivity index (χ0n) is 7.95. The maximum atomic E-state index is 10.9. The predicted octanol–water partition coefficient (Wildman–Crippen LogP) is 0.816. The molecule has 1 aromatic heterocycles. The lowest BCUT2D eigenvalue weighted by molar-refractivity contribution is 0.500. The van der Waals surface area contributed by atoms with Gasteiger partial charge in [-0.05, 0) is 18.4 Å². The summed E-state index contributed by atoms with van der Waals surface area (Å²) in [5.41, 5.74) is 6.29. The van der Waals surface area contributed by atoms with Crippen LogP contribution in [0.3, 0.4) is 0 Å². The number of nitrogens with one attached hydrogen (secondary N) is 1. The van der Waals surface area contributed by atoms with Gasteiger partial charge in [0.25, 0.3) is 0 Å². The normalized spacial score (nSPS) is 13.2. The van der Waals surface area contributed by atoms with Crippen molar-refractivity contribution < 1.29 is 0 Å². The molecule has 1 heterocycles. The van der Waals surface area contributed by atoms with E-state index in [9.17, 15) is 4.79 Å². The molecule has 0 spiro atoms. The Morgan fingerprint density at radius 2 is 2.31 bits per heavy atom. The highest BCUT2D eigenvalue weighted by molar-refractivity contribution is 5.03. The molecular weight excluding hydrogens is 166 g/mol. The fraction of sp³-hybridized carbons (Fsp3) is 0.556. The molecule has 1 rings (SSSR count). The largest absolute Gasteiger partial charge is 0.345 e. The molecule has 13 heavy (non-hydrogen) atoms. The lowest BCUT2D eigenvalue weighted by atomic mass is 10.0. The van der Waals surface area contributed by atoms with Crippen LogP contribution in [0.4, 0.5) is 0 Å². The highest BCUT2D eigenvalue weighted by Crippen LogP contribution is 2.14. The van der Waals surface area contributed by atoms with Gasteiger partial charge in [0.15, 0.2) is 0 Å². The molecule has 0 saturated heterocycles. The average molecular weight is 181 g/mol. The van der Waals surface area contributed by atoms with Gasteiger partial charge in [0, 0.05) is 17.9 Å². The summed E-state index contributed by atoms with van der Waals surface area (Å²) in [6.45, 7) is 4.19.